The number of hydrogen-bond acceptors (Lipinski definition) is 2. The highest BCUT2D eigenvalue weighted by Crippen LogP contribution is 2.54. The summed E-state index contributed by atoms with van der Waals surface area (Å²) >= 11 is 0. The first kappa shape index (κ1) is 20.0. The van der Waals surface area contributed by atoms with E-state index in [0.29, 0.717) is 0 Å². The van der Waals surface area contributed by atoms with Crippen molar-refractivity contribution in [3.63, 3.8) is 0 Å². The molecule has 2 aromatic rings. The minimum atomic E-state index is -1.07. The van der Waals surface area contributed by atoms with E-state index < -0.39 is 10.3 Å². The first-order chi connectivity index (χ1) is 11.6. The lowest BCUT2D eigenvalue weighted by molar-refractivity contribution is 0.251. The molecule has 0 aliphatic rings. The van der Waals surface area contributed by atoms with Crippen molar-refractivity contribution in [2.45, 2.75) is 58.3 Å². The van der Waals surface area contributed by atoms with Gasteiger partial charge in [0.15, 0.2) is 0 Å². The van der Waals surface area contributed by atoms with Gasteiger partial charge in [-0.25, -0.2) is 0 Å². The van der Waals surface area contributed by atoms with Crippen LogP contribution in [0.1, 0.15) is 52.3 Å². The average Bonchev–Trinajstić information content (AvgIpc) is 2.52. The second-order valence-corrected chi connectivity index (χ2v) is 11.9. The van der Waals surface area contributed by atoms with Gasteiger partial charge >= 0.3 is 0 Å². The van der Waals surface area contributed by atoms with Crippen molar-refractivity contribution < 1.29 is 4.18 Å². The molecule has 0 aliphatic carbocycles. The van der Waals surface area contributed by atoms with Gasteiger partial charge in [0.25, 0.3) is 0 Å². The Bertz CT molecular complexity index is 743. The minimum Gasteiger partial charge on any atom is -0.333 e. The maximum atomic E-state index is 6.36. The summed E-state index contributed by atoms with van der Waals surface area (Å²) in [7, 11) is -1.07. The Hall–Kier alpha value is -1.32. The molecule has 138 valence electrons. The van der Waals surface area contributed by atoms with Crippen LogP contribution in [-0.2, 0) is 10.6 Å². The molecule has 25 heavy (non-hydrogen) atoms. The minimum absolute atomic E-state index is 0.200. The maximum Gasteiger partial charge on any atom is 0.0711 e. The monoisotopic (exact) mass is 359 g/mol. The number of hydrogen-bond donors (Lipinski definition) is 0. The van der Waals surface area contributed by atoms with Gasteiger partial charge in [-0.1, -0.05) is 58.0 Å². The molecule has 2 nitrogen and oxygen atoms in total. The molecule has 0 bridgehead atoms. The van der Waals surface area contributed by atoms with E-state index in [1.165, 1.54) is 10.9 Å². The molecule has 0 radical (unpaired) electrons. The fourth-order valence-corrected chi connectivity index (χ4v) is 3.66. The molecule has 0 saturated heterocycles. The largest absolute Gasteiger partial charge is 0.333 e. The lowest BCUT2D eigenvalue weighted by atomic mass is 10.1. The molecule has 0 saturated carbocycles. The summed E-state index contributed by atoms with van der Waals surface area (Å²) in [5, 5.41) is 1.20. The zero-order chi connectivity index (χ0) is 18.7. The predicted octanol–water partition coefficient (Wildman–Crippen LogP) is 6.38. The lowest BCUT2D eigenvalue weighted by Crippen LogP contribution is -2.27. The highest BCUT2D eigenvalue weighted by atomic mass is 32.3. The number of aryl methyl sites for hydroxylation is 1. The van der Waals surface area contributed by atoms with Crippen molar-refractivity contribution in [1.29, 1.82) is 0 Å². The van der Waals surface area contributed by atoms with Crippen LogP contribution in [0.2, 0.25) is 0 Å². The fourth-order valence-electron chi connectivity index (χ4n) is 2.47. The Morgan fingerprint density at radius 2 is 1.84 bits per heavy atom. The summed E-state index contributed by atoms with van der Waals surface area (Å²) in [5.41, 5.74) is 3.41. The number of benzene rings is 1. The molecule has 3 heteroatoms. The lowest BCUT2D eigenvalue weighted by Gasteiger charge is -2.45. The number of aromatic nitrogens is 1. The maximum absolute atomic E-state index is 6.36. The topological polar surface area (TPSA) is 22.1 Å². The Labute approximate surface area is 155 Å². The van der Waals surface area contributed by atoms with Gasteiger partial charge in [-0.2, -0.15) is 0 Å². The molecule has 1 aromatic carbocycles. The third-order valence-electron chi connectivity index (χ3n) is 4.79. The molecule has 0 aliphatic heterocycles. The van der Waals surface area contributed by atoms with Crippen LogP contribution in [0.4, 0.5) is 0 Å². The molecule has 2 rings (SSSR count). The molecule has 1 heterocycles. The van der Waals surface area contributed by atoms with Crippen LogP contribution >= 0.6 is 10.3 Å². The zero-order valence-electron chi connectivity index (χ0n) is 16.8. The van der Waals surface area contributed by atoms with E-state index in [4.69, 9.17) is 9.17 Å². The van der Waals surface area contributed by atoms with E-state index in [0.717, 1.165) is 24.1 Å². The van der Waals surface area contributed by atoms with E-state index in [1.54, 1.807) is 0 Å². The van der Waals surface area contributed by atoms with Gasteiger partial charge in [0, 0.05) is 15.8 Å². The van der Waals surface area contributed by atoms with Crippen LogP contribution in [0.3, 0.4) is 0 Å². The second-order valence-electron chi connectivity index (χ2n) is 8.00. The van der Waals surface area contributed by atoms with Crippen molar-refractivity contribution in [1.82, 2.24) is 4.98 Å². The van der Waals surface area contributed by atoms with Crippen molar-refractivity contribution >= 4 is 27.3 Å². The van der Waals surface area contributed by atoms with Crippen molar-refractivity contribution in [2.24, 2.45) is 0 Å². The van der Waals surface area contributed by atoms with Crippen LogP contribution in [0, 0.1) is 0 Å². The molecule has 1 aromatic heterocycles. The molecule has 1 unspecified atom stereocenters. The Morgan fingerprint density at radius 1 is 1.16 bits per heavy atom. The zero-order valence-corrected chi connectivity index (χ0v) is 17.6. The smallest absolute Gasteiger partial charge is 0.0711 e. The van der Waals surface area contributed by atoms with Gasteiger partial charge in [0.2, 0.25) is 0 Å². The van der Waals surface area contributed by atoms with Gasteiger partial charge in [0.05, 0.1) is 11.6 Å². The second kappa shape index (κ2) is 7.92. The summed E-state index contributed by atoms with van der Waals surface area (Å²) in [6.07, 6.45) is 11.0. The van der Waals surface area contributed by atoms with Crippen molar-refractivity contribution in [2.75, 3.05) is 12.5 Å². The van der Waals surface area contributed by atoms with E-state index in [2.05, 4.69) is 89.6 Å². The SMILES string of the molecule is CCc1ccc2ccc(C=CCC(C)OS(C)(C)C(C)(C)C)cc2n1. The summed E-state index contributed by atoms with van der Waals surface area (Å²) in [4.78, 5) is 4.72. The Kier molecular flexibility index (Phi) is 6.34. The Morgan fingerprint density at radius 3 is 2.48 bits per heavy atom. The number of fused-ring (bicyclic) bond motifs is 1. The third kappa shape index (κ3) is 5.32. The molecular weight excluding hydrogens is 326 g/mol. The molecule has 1 atom stereocenters. The predicted molar refractivity (Wildman–Crippen MR) is 115 cm³/mol. The van der Waals surface area contributed by atoms with Crippen LogP contribution in [0.5, 0.6) is 0 Å². The fraction of sp³-hybridized carbons (Fsp3) is 0.500. The van der Waals surface area contributed by atoms with E-state index in [-0.39, 0.29) is 10.9 Å². The molecule has 0 spiro atoms. The third-order valence-corrected chi connectivity index (χ3v) is 8.55. The summed E-state index contributed by atoms with van der Waals surface area (Å²) in [6, 6.07) is 10.7. The highest BCUT2D eigenvalue weighted by Gasteiger charge is 2.30. The summed E-state index contributed by atoms with van der Waals surface area (Å²) < 4.78 is 6.56. The van der Waals surface area contributed by atoms with Gasteiger partial charge in [-0.3, -0.25) is 4.98 Å². The van der Waals surface area contributed by atoms with Crippen LogP contribution in [-0.4, -0.2) is 28.3 Å². The number of nitrogens with zero attached hydrogens (tertiary/aromatic N) is 1. The van der Waals surface area contributed by atoms with E-state index in [1.807, 2.05) is 0 Å². The first-order valence-electron chi connectivity index (χ1n) is 9.10. The summed E-state index contributed by atoms with van der Waals surface area (Å²) in [6.45, 7) is 11.1. The normalized spacial score (nSPS) is 15.0. The number of rotatable bonds is 6. The van der Waals surface area contributed by atoms with Gasteiger partial charge < -0.3 is 4.18 Å². The first-order valence-corrected chi connectivity index (χ1v) is 11.5. The van der Waals surface area contributed by atoms with Gasteiger partial charge in [0.1, 0.15) is 0 Å². The van der Waals surface area contributed by atoms with Crippen LogP contribution in [0.25, 0.3) is 17.0 Å². The standard InChI is InChI=1S/C22H33NOS/c1-8-20-15-14-19-13-12-18(16-21(19)23-20)11-9-10-17(2)24-25(6,7)22(3,4)5/h9,11-17H,8,10H2,1-7H3. The van der Waals surface area contributed by atoms with E-state index in [9.17, 15) is 0 Å². The Balaban J connectivity index is 2.03. The number of pyridine rings is 1. The highest BCUT2D eigenvalue weighted by molar-refractivity contribution is 8.29. The van der Waals surface area contributed by atoms with Gasteiger partial charge in [-0.05, 0) is 50.0 Å². The average molecular weight is 360 g/mol. The molecule has 0 amide bonds. The molecule has 0 N–H and O–H groups in total. The van der Waals surface area contributed by atoms with Gasteiger partial charge in [-0.15, -0.1) is 10.3 Å². The van der Waals surface area contributed by atoms with Crippen LogP contribution in [0.15, 0.2) is 36.4 Å². The quantitative estimate of drug-likeness (QED) is 0.596. The molecular formula is C22H33NOS. The molecule has 0 fully saturated rings. The summed E-state index contributed by atoms with van der Waals surface area (Å²) in [5.74, 6) is 0. The van der Waals surface area contributed by atoms with E-state index >= 15 is 0 Å². The van der Waals surface area contributed by atoms with Crippen molar-refractivity contribution in [3.8, 4) is 0 Å². The van der Waals surface area contributed by atoms with Crippen molar-refractivity contribution in [3.05, 3.63) is 47.7 Å². The van der Waals surface area contributed by atoms with Crippen LogP contribution < -0.4 is 0 Å².